The summed E-state index contributed by atoms with van der Waals surface area (Å²) in [6.07, 6.45) is 1.59. The molecule has 2 atom stereocenters. The zero-order chi connectivity index (χ0) is 12.8. The van der Waals surface area contributed by atoms with Crippen molar-refractivity contribution in [2.45, 2.75) is 31.9 Å². The maximum absolute atomic E-state index is 13.8. The van der Waals surface area contributed by atoms with Gasteiger partial charge in [0.05, 0.1) is 19.3 Å². The molecule has 96 valence electrons. The number of halogens is 1. The number of ether oxygens (including phenoxy) is 2. The highest BCUT2D eigenvalue weighted by molar-refractivity contribution is 5.31. The van der Waals surface area contributed by atoms with Crippen LogP contribution in [0.3, 0.4) is 0 Å². The van der Waals surface area contributed by atoms with Crippen LogP contribution in [0.25, 0.3) is 0 Å². The van der Waals surface area contributed by atoms with Crippen LogP contribution in [0.15, 0.2) is 18.2 Å². The molecule has 2 unspecified atom stereocenters. The average Bonchev–Trinajstić information content (AvgIpc) is 2.35. The summed E-state index contributed by atoms with van der Waals surface area (Å²) in [5.74, 6) is 0.137. The van der Waals surface area contributed by atoms with Crippen LogP contribution in [0, 0.1) is 5.82 Å². The molecule has 0 radical (unpaired) electrons. The van der Waals surface area contributed by atoms with Crippen molar-refractivity contribution < 1.29 is 13.9 Å². The van der Waals surface area contributed by atoms with Crippen molar-refractivity contribution in [3.63, 3.8) is 0 Å². The molecule has 4 heteroatoms. The van der Waals surface area contributed by atoms with E-state index < -0.39 is 6.04 Å². The predicted molar refractivity (Wildman–Crippen MR) is 65.6 cm³/mol. The minimum absolute atomic E-state index is 0.164. The highest BCUT2D eigenvalue weighted by atomic mass is 19.1. The van der Waals surface area contributed by atoms with Crippen LogP contribution in [-0.2, 0) is 4.74 Å². The first kappa shape index (κ1) is 13.9. The van der Waals surface area contributed by atoms with Gasteiger partial charge in [-0.25, -0.2) is 4.39 Å². The lowest BCUT2D eigenvalue weighted by Crippen LogP contribution is -2.28. The molecular weight excluding hydrogens is 221 g/mol. The topological polar surface area (TPSA) is 44.5 Å². The molecule has 0 saturated carbocycles. The van der Waals surface area contributed by atoms with Gasteiger partial charge in [-0.3, -0.25) is 0 Å². The summed E-state index contributed by atoms with van der Waals surface area (Å²) in [4.78, 5) is 0. The Kier molecular flexibility index (Phi) is 5.38. The molecule has 0 aromatic heterocycles. The lowest BCUT2D eigenvalue weighted by Gasteiger charge is -2.23. The van der Waals surface area contributed by atoms with Crippen molar-refractivity contribution >= 4 is 0 Å². The van der Waals surface area contributed by atoms with E-state index in [0.29, 0.717) is 11.3 Å². The summed E-state index contributed by atoms with van der Waals surface area (Å²) in [5, 5.41) is 0. The molecule has 1 rings (SSSR count). The van der Waals surface area contributed by atoms with Gasteiger partial charge in [0.2, 0.25) is 0 Å². The van der Waals surface area contributed by atoms with E-state index in [4.69, 9.17) is 15.2 Å². The first-order valence-corrected chi connectivity index (χ1v) is 5.75. The van der Waals surface area contributed by atoms with Gasteiger partial charge in [0.25, 0.3) is 0 Å². The van der Waals surface area contributed by atoms with E-state index in [2.05, 4.69) is 0 Å². The second kappa shape index (κ2) is 6.57. The van der Waals surface area contributed by atoms with Gasteiger partial charge < -0.3 is 15.2 Å². The molecule has 0 aliphatic carbocycles. The van der Waals surface area contributed by atoms with E-state index in [0.717, 1.165) is 12.8 Å². The van der Waals surface area contributed by atoms with Gasteiger partial charge in [-0.2, -0.15) is 0 Å². The minimum Gasteiger partial charge on any atom is -0.497 e. The first-order chi connectivity index (χ1) is 8.13. The van der Waals surface area contributed by atoms with Crippen LogP contribution in [-0.4, -0.2) is 20.3 Å². The van der Waals surface area contributed by atoms with Crippen LogP contribution in [0.2, 0.25) is 0 Å². The van der Waals surface area contributed by atoms with Gasteiger partial charge in [-0.15, -0.1) is 0 Å². The van der Waals surface area contributed by atoms with Gasteiger partial charge in [0.15, 0.2) is 0 Å². The zero-order valence-electron chi connectivity index (χ0n) is 10.6. The Bertz CT molecular complexity index is 357. The summed E-state index contributed by atoms with van der Waals surface area (Å²) in [6.45, 7) is 2.04. The van der Waals surface area contributed by atoms with Crippen molar-refractivity contribution in [1.82, 2.24) is 0 Å². The molecule has 0 fully saturated rings. The van der Waals surface area contributed by atoms with Gasteiger partial charge in [-0.1, -0.05) is 19.4 Å². The minimum atomic E-state index is -0.453. The molecule has 3 nitrogen and oxygen atoms in total. The third kappa shape index (κ3) is 3.41. The third-order valence-corrected chi connectivity index (χ3v) is 2.84. The Labute approximate surface area is 102 Å². The highest BCUT2D eigenvalue weighted by Crippen LogP contribution is 2.25. The fourth-order valence-electron chi connectivity index (χ4n) is 1.83. The van der Waals surface area contributed by atoms with Gasteiger partial charge in [0.1, 0.15) is 11.6 Å². The summed E-state index contributed by atoms with van der Waals surface area (Å²) in [7, 11) is 3.10. The molecule has 0 aliphatic heterocycles. The van der Waals surface area contributed by atoms with E-state index in [1.54, 1.807) is 19.2 Å². The Morgan fingerprint density at radius 2 is 2.06 bits per heavy atom. The second-order valence-electron chi connectivity index (χ2n) is 3.98. The average molecular weight is 241 g/mol. The fourth-order valence-corrected chi connectivity index (χ4v) is 1.83. The smallest absolute Gasteiger partial charge is 0.131 e. The lowest BCUT2D eigenvalue weighted by molar-refractivity contribution is 0.0715. The van der Waals surface area contributed by atoms with E-state index in [1.165, 1.54) is 13.2 Å². The molecule has 0 saturated heterocycles. The van der Waals surface area contributed by atoms with E-state index in [-0.39, 0.29) is 11.9 Å². The molecule has 0 amide bonds. The van der Waals surface area contributed by atoms with Crippen LogP contribution in [0.5, 0.6) is 5.75 Å². The van der Waals surface area contributed by atoms with Crippen LogP contribution in [0.4, 0.5) is 4.39 Å². The number of nitrogens with two attached hydrogens (primary N) is 1. The van der Waals surface area contributed by atoms with Crippen molar-refractivity contribution in [2.75, 3.05) is 14.2 Å². The third-order valence-electron chi connectivity index (χ3n) is 2.84. The molecule has 1 aromatic rings. The normalized spacial score (nSPS) is 14.4. The number of hydrogen-bond donors (Lipinski definition) is 1. The Hall–Kier alpha value is -1.13. The monoisotopic (exact) mass is 241 g/mol. The van der Waals surface area contributed by atoms with Crippen molar-refractivity contribution in [2.24, 2.45) is 5.73 Å². The van der Waals surface area contributed by atoms with E-state index in [9.17, 15) is 4.39 Å². The SMILES string of the molecule is CCCC(OC)C(N)c1ccc(OC)cc1F. The summed E-state index contributed by atoms with van der Waals surface area (Å²) < 4.78 is 24.1. The predicted octanol–water partition coefficient (Wildman–Crippen LogP) is 2.65. The molecular formula is C13H20FNO2. The maximum Gasteiger partial charge on any atom is 0.131 e. The quantitative estimate of drug-likeness (QED) is 0.832. The maximum atomic E-state index is 13.8. The van der Waals surface area contributed by atoms with Crippen molar-refractivity contribution in [1.29, 1.82) is 0 Å². The van der Waals surface area contributed by atoms with Gasteiger partial charge in [-0.05, 0) is 12.5 Å². The Morgan fingerprint density at radius 1 is 1.35 bits per heavy atom. The fraction of sp³-hybridized carbons (Fsp3) is 0.538. The number of benzene rings is 1. The zero-order valence-corrected chi connectivity index (χ0v) is 10.6. The molecule has 2 N–H and O–H groups in total. The van der Waals surface area contributed by atoms with Gasteiger partial charge >= 0.3 is 0 Å². The summed E-state index contributed by atoms with van der Waals surface area (Å²) in [5.41, 5.74) is 6.49. The number of methoxy groups -OCH3 is 2. The summed E-state index contributed by atoms with van der Waals surface area (Å²) >= 11 is 0. The van der Waals surface area contributed by atoms with E-state index >= 15 is 0 Å². The van der Waals surface area contributed by atoms with Crippen molar-refractivity contribution in [3.8, 4) is 5.75 Å². The highest BCUT2D eigenvalue weighted by Gasteiger charge is 2.21. The van der Waals surface area contributed by atoms with Crippen molar-refractivity contribution in [3.05, 3.63) is 29.6 Å². The molecule has 17 heavy (non-hydrogen) atoms. The lowest BCUT2D eigenvalue weighted by atomic mass is 9.98. The molecule has 0 aliphatic rings. The molecule has 1 aromatic carbocycles. The molecule has 0 bridgehead atoms. The van der Waals surface area contributed by atoms with Crippen LogP contribution < -0.4 is 10.5 Å². The van der Waals surface area contributed by atoms with E-state index in [1.807, 2.05) is 6.92 Å². The number of hydrogen-bond acceptors (Lipinski definition) is 3. The molecule has 0 heterocycles. The Morgan fingerprint density at radius 3 is 2.53 bits per heavy atom. The van der Waals surface area contributed by atoms with Crippen LogP contribution >= 0.6 is 0 Å². The van der Waals surface area contributed by atoms with Crippen LogP contribution in [0.1, 0.15) is 31.4 Å². The standard InChI is InChI=1S/C13H20FNO2/c1-4-5-12(17-3)13(15)10-7-6-9(16-2)8-11(10)14/h6-8,12-13H,4-5,15H2,1-3H3. The molecule has 0 spiro atoms. The second-order valence-corrected chi connectivity index (χ2v) is 3.98. The number of rotatable bonds is 6. The van der Waals surface area contributed by atoms with Gasteiger partial charge in [0, 0.05) is 18.7 Å². The first-order valence-electron chi connectivity index (χ1n) is 5.75. The largest absolute Gasteiger partial charge is 0.497 e. The Balaban J connectivity index is 2.90. The summed E-state index contributed by atoms with van der Waals surface area (Å²) in [6, 6.07) is 4.25.